The molecule has 3 heteroatoms. The molecule has 0 atom stereocenters. The second-order valence-corrected chi connectivity index (χ2v) is 5.47. The molecule has 1 heterocycles. The van der Waals surface area contributed by atoms with Crippen molar-refractivity contribution in [1.29, 1.82) is 0 Å². The van der Waals surface area contributed by atoms with E-state index in [1.54, 1.807) is 12.4 Å². The molecule has 1 aliphatic carbocycles. The van der Waals surface area contributed by atoms with Crippen molar-refractivity contribution in [3.8, 4) is 0 Å². The van der Waals surface area contributed by atoms with Crippen molar-refractivity contribution in [2.75, 3.05) is 0 Å². The van der Waals surface area contributed by atoms with Crippen LogP contribution in [0.1, 0.15) is 48.0 Å². The number of hydrogen-bond acceptors (Lipinski definition) is 3. The lowest BCUT2D eigenvalue weighted by Gasteiger charge is -2.36. The largest absolute Gasteiger partial charge is 0.293 e. The fraction of sp³-hybridized carbons (Fsp3) is 0.353. The Morgan fingerprint density at radius 2 is 1.60 bits per heavy atom. The quantitative estimate of drug-likeness (QED) is 0.798. The zero-order valence-corrected chi connectivity index (χ0v) is 11.5. The zero-order valence-electron chi connectivity index (χ0n) is 11.5. The number of benzene rings is 1. The lowest BCUT2D eigenvalue weighted by Crippen LogP contribution is -2.38. The van der Waals surface area contributed by atoms with E-state index in [1.807, 2.05) is 18.2 Å². The molecule has 0 N–H and O–H groups in total. The first-order chi connectivity index (χ1) is 9.83. The third kappa shape index (κ3) is 2.24. The second kappa shape index (κ2) is 5.53. The van der Waals surface area contributed by atoms with Crippen LogP contribution in [0.15, 0.2) is 49.1 Å². The van der Waals surface area contributed by atoms with Gasteiger partial charge in [-0.05, 0) is 18.4 Å². The minimum absolute atomic E-state index is 0.170. The van der Waals surface area contributed by atoms with E-state index in [0.29, 0.717) is 5.56 Å². The number of nitrogens with zero attached hydrogens (tertiary/aromatic N) is 2. The molecule has 3 rings (SSSR count). The van der Waals surface area contributed by atoms with Crippen molar-refractivity contribution in [3.05, 3.63) is 60.2 Å². The predicted molar refractivity (Wildman–Crippen MR) is 77.6 cm³/mol. The van der Waals surface area contributed by atoms with Crippen LogP contribution >= 0.6 is 0 Å². The van der Waals surface area contributed by atoms with Gasteiger partial charge in [0.1, 0.15) is 6.33 Å². The van der Waals surface area contributed by atoms with Crippen LogP contribution in [-0.2, 0) is 5.41 Å². The van der Waals surface area contributed by atoms with Crippen LogP contribution in [0, 0.1) is 0 Å². The normalized spacial score (nSPS) is 17.6. The Morgan fingerprint density at radius 3 is 2.25 bits per heavy atom. The highest BCUT2D eigenvalue weighted by Crippen LogP contribution is 2.41. The molecule has 1 aliphatic rings. The summed E-state index contributed by atoms with van der Waals surface area (Å²) in [6.45, 7) is 0. The fourth-order valence-electron chi connectivity index (χ4n) is 3.25. The first kappa shape index (κ1) is 13.0. The topological polar surface area (TPSA) is 42.9 Å². The Hall–Kier alpha value is -2.03. The lowest BCUT2D eigenvalue weighted by molar-refractivity contribution is 0.0838. The van der Waals surface area contributed by atoms with Gasteiger partial charge >= 0.3 is 0 Å². The van der Waals surface area contributed by atoms with E-state index in [4.69, 9.17) is 0 Å². The van der Waals surface area contributed by atoms with Gasteiger partial charge in [-0.2, -0.15) is 0 Å². The maximum atomic E-state index is 13.0. The van der Waals surface area contributed by atoms with Gasteiger partial charge in [0.2, 0.25) is 0 Å². The van der Waals surface area contributed by atoms with Gasteiger partial charge in [-0.15, -0.1) is 0 Å². The highest BCUT2D eigenvalue weighted by Gasteiger charge is 2.41. The monoisotopic (exact) mass is 266 g/mol. The van der Waals surface area contributed by atoms with Crippen molar-refractivity contribution < 1.29 is 4.79 Å². The highest BCUT2D eigenvalue weighted by atomic mass is 16.1. The van der Waals surface area contributed by atoms with E-state index < -0.39 is 0 Å². The maximum absolute atomic E-state index is 13.0. The molecule has 2 aromatic rings. The van der Waals surface area contributed by atoms with Crippen molar-refractivity contribution in [2.24, 2.45) is 0 Å². The van der Waals surface area contributed by atoms with Gasteiger partial charge in [0.25, 0.3) is 0 Å². The molecule has 0 radical (unpaired) electrons. The van der Waals surface area contributed by atoms with Crippen molar-refractivity contribution >= 4 is 5.78 Å². The molecule has 1 fully saturated rings. The van der Waals surface area contributed by atoms with Gasteiger partial charge in [-0.25, -0.2) is 9.97 Å². The third-order valence-electron chi connectivity index (χ3n) is 4.29. The lowest BCUT2D eigenvalue weighted by atomic mass is 9.65. The molecule has 1 aromatic carbocycles. The number of Topliss-reactive ketones (excluding diaryl/α,β-unsaturated/α-hetero) is 1. The van der Waals surface area contributed by atoms with E-state index in [2.05, 4.69) is 22.1 Å². The van der Waals surface area contributed by atoms with Gasteiger partial charge in [0, 0.05) is 12.4 Å². The molecule has 102 valence electrons. The SMILES string of the molecule is O=C(c1cncnc1)C1(c2ccccc2)CCCCC1. The number of carbonyl (C=O) groups excluding carboxylic acids is 1. The Balaban J connectivity index is 2.05. The number of hydrogen-bond donors (Lipinski definition) is 0. The van der Waals surface area contributed by atoms with E-state index in [1.165, 1.54) is 12.7 Å². The average molecular weight is 266 g/mol. The van der Waals surface area contributed by atoms with Crippen molar-refractivity contribution in [2.45, 2.75) is 37.5 Å². The zero-order chi connectivity index (χ0) is 13.8. The molecule has 0 unspecified atom stereocenters. The summed E-state index contributed by atoms with van der Waals surface area (Å²) < 4.78 is 0. The summed E-state index contributed by atoms with van der Waals surface area (Å²) in [5.74, 6) is 0.170. The number of carbonyl (C=O) groups is 1. The molecule has 0 bridgehead atoms. The summed E-state index contributed by atoms with van der Waals surface area (Å²) >= 11 is 0. The van der Waals surface area contributed by atoms with Crippen LogP contribution < -0.4 is 0 Å². The Kier molecular flexibility index (Phi) is 3.59. The molecule has 1 saturated carbocycles. The van der Waals surface area contributed by atoms with Crippen molar-refractivity contribution in [3.63, 3.8) is 0 Å². The van der Waals surface area contributed by atoms with Crippen LogP contribution in [0.25, 0.3) is 0 Å². The molecule has 0 amide bonds. The molecule has 0 saturated heterocycles. The molecule has 1 aromatic heterocycles. The number of ketones is 1. The van der Waals surface area contributed by atoms with Gasteiger partial charge in [0.15, 0.2) is 5.78 Å². The van der Waals surface area contributed by atoms with Crippen molar-refractivity contribution in [1.82, 2.24) is 9.97 Å². The average Bonchev–Trinajstić information content (AvgIpc) is 2.56. The Morgan fingerprint density at radius 1 is 0.950 bits per heavy atom. The van der Waals surface area contributed by atoms with E-state index in [0.717, 1.165) is 31.2 Å². The van der Waals surface area contributed by atoms with E-state index in [9.17, 15) is 4.79 Å². The first-order valence-corrected chi connectivity index (χ1v) is 7.18. The summed E-state index contributed by atoms with van der Waals surface area (Å²) in [6.07, 6.45) is 10.0. The van der Waals surface area contributed by atoms with E-state index >= 15 is 0 Å². The summed E-state index contributed by atoms with van der Waals surface area (Å²) in [5, 5.41) is 0. The molecule has 0 aliphatic heterocycles. The van der Waals surface area contributed by atoms with Gasteiger partial charge in [0.05, 0.1) is 11.0 Å². The fourth-order valence-corrected chi connectivity index (χ4v) is 3.25. The third-order valence-corrected chi connectivity index (χ3v) is 4.29. The standard InChI is InChI=1S/C17H18N2O/c20-16(14-11-18-13-19-12-14)17(9-5-2-6-10-17)15-7-3-1-4-8-15/h1,3-4,7-8,11-13H,2,5-6,9-10H2. The maximum Gasteiger partial charge on any atom is 0.176 e. The molecular formula is C17H18N2O. The van der Waals surface area contributed by atoms with Gasteiger partial charge in [-0.3, -0.25) is 4.79 Å². The van der Waals surface area contributed by atoms with Crippen LogP contribution in [-0.4, -0.2) is 15.8 Å². The first-order valence-electron chi connectivity index (χ1n) is 7.18. The number of aromatic nitrogens is 2. The molecule has 3 nitrogen and oxygen atoms in total. The highest BCUT2D eigenvalue weighted by molar-refractivity contribution is 6.03. The second-order valence-electron chi connectivity index (χ2n) is 5.47. The van der Waals surface area contributed by atoms with Gasteiger partial charge < -0.3 is 0 Å². The van der Waals surface area contributed by atoms with Crippen LogP contribution in [0.5, 0.6) is 0 Å². The minimum Gasteiger partial charge on any atom is -0.293 e. The predicted octanol–water partition coefficient (Wildman–Crippen LogP) is 3.56. The summed E-state index contributed by atoms with van der Waals surface area (Å²) in [7, 11) is 0. The number of rotatable bonds is 3. The Labute approximate surface area is 119 Å². The minimum atomic E-state index is -0.385. The molecular weight excluding hydrogens is 248 g/mol. The summed E-state index contributed by atoms with van der Waals surface area (Å²) in [4.78, 5) is 21.0. The Bertz CT molecular complexity index is 574. The summed E-state index contributed by atoms with van der Waals surface area (Å²) in [5.41, 5.74) is 1.37. The van der Waals surface area contributed by atoms with E-state index in [-0.39, 0.29) is 11.2 Å². The van der Waals surface area contributed by atoms with Gasteiger partial charge in [-0.1, -0.05) is 49.6 Å². The summed E-state index contributed by atoms with van der Waals surface area (Å²) in [6, 6.07) is 10.2. The smallest absolute Gasteiger partial charge is 0.176 e. The van der Waals surface area contributed by atoms with Crippen LogP contribution in [0.3, 0.4) is 0 Å². The molecule has 0 spiro atoms. The van der Waals surface area contributed by atoms with Crippen LogP contribution in [0.4, 0.5) is 0 Å². The van der Waals surface area contributed by atoms with Crippen LogP contribution in [0.2, 0.25) is 0 Å². The molecule has 20 heavy (non-hydrogen) atoms.